The summed E-state index contributed by atoms with van der Waals surface area (Å²) in [5.41, 5.74) is 0. The highest BCUT2D eigenvalue weighted by Gasteiger charge is 2.33. The molecule has 1 aromatic rings. The van der Waals surface area contributed by atoms with Crippen LogP contribution in [0.5, 0.6) is 0 Å². The Labute approximate surface area is 105 Å². The van der Waals surface area contributed by atoms with Crippen LogP contribution in [0.4, 0.5) is 0 Å². The van der Waals surface area contributed by atoms with E-state index in [0.717, 1.165) is 5.82 Å². The van der Waals surface area contributed by atoms with Gasteiger partial charge in [0.1, 0.15) is 5.82 Å². The Morgan fingerprint density at radius 1 is 1.44 bits per heavy atom. The average Bonchev–Trinajstić information content (AvgIpc) is 2.99. The van der Waals surface area contributed by atoms with E-state index in [1.807, 2.05) is 0 Å². The molecule has 1 amide bonds. The summed E-state index contributed by atoms with van der Waals surface area (Å²) in [6, 6.07) is 0. The molecule has 1 aliphatic carbocycles. The lowest BCUT2D eigenvalue weighted by Gasteiger charge is -2.10. The van der Waals surface area contributed by atoms with Gasteiger partial charge in [0, 0.05) is 31.3 Å². The van der Waals surface area contributed by atoms with Crippen molar-refractivity contribution in [3.05, 3.63) is 18.2 Å². The zero-order valence-electron chi connectivity index (χ0n) is 10.1. The van der Waals surface area contributed by atoms with Crippen molar-refractivity contribution in [2.24, 2.45) is 11.8 Å². The van der Waals surface area contributed by atoms with Gasteiger partial charge >= 0.3 is 5.97 Å². The van der Waals surface area contributed by atoms with Crippen LogP contribution in [0.3, 0.4) is 0 Å². The third-order valence-electron chi connectivity index (χ3n) is 3.37. The number of carboxylic acid groups (broad SMARTS) is 1. The Balaban J connectivity index is 1.71. The minimum atomic E-state index is -0.791. The highest BCUT2D eigenvalue weighted by molar-refractivity contribution is 5.80. The van der Waals surface area contributed by atoms with Gasteiger partial charge in [-0.25, -0.2) is 4.98 Å². The molecule has 1 fully saturated rings. The minimum absolute atomic E-state index is 0.0368. The smallest absolute Gasteiger partial charge is 0.306 e. The number of aromatic nitrogens is 2. The average molecular weight is 251 g/mol. The number of aliphatic carboxylic acids is 1. The van der Waals surface area contributed by atoms with E-state index >= 15 is 0 Å². The first-order valence-electron chi connectivity index (χ1n) is 6.15. The first kappa shape index (κ1) is 12.6. The summed E-state index contributed by atoms with van der Waals surface area (Å²) in [7, 11) is 0. The summed E-state index contributed by atoms with van der Waals surface area (Å²) < 4.78 is 0. The largest absolute Gasteiger partial charge is 0.481 e. The Hall–Kier alpha value is -1.85. The second-order valence-corrected chi connectivity index (χ2v) is 4.62. The van der Waals surface area contributed by atoms with Crippen molar-refractivity contribution in [3.63, 3.8) is 0 Å². The molecule has 98 valence electrons. The van der Waals surface area contributed by atoms with E-state index in [1.54, 1.807) is 12.4 Å². The number of aromatic amines is 1. The predicted octanol–water partition coefficient (Wildman–Crippen LogP) is 0.569. The first-order valence-corrected chi connectivity index (χ1v) is 6.15. The molecule has 2 rings (SSSR count). The fourth-order valence-electron chi connectivity index (χ4n) is 2.33. The van der Waals surface area contributed by atoms with E-state index in [-0.39, 0.29) is 17.7 Å². The molecule has 1 aromatic heterocycles. The fraction of sp³-hybridized carbons (Fsp3) is 0.583. The van der Waals surface area contributed by atoms with Gasteiger partial charge in [-0.2, -0.15) is 0 Å². The summed E-state index contributed by atoms with van der Waals surface area (Å²) in [6.07, 6.45) is 5.81. The van der Waals surface area contributed by atoms with Crippen LogP contribution in [0, 0.1) is 11.8 Å². The van der Waals surface area contributed by atoms with Gasteiger partial charge in [0.2, 0.25) is 5.91 Å². The Morgan fingerprint density at radius 3 is 2.83 bits per heavy atom. The van der Waals surface area contributed by atoms with Crippen LogP contribution in [0.15, 0.2) is 12.4 Å². The summed E-state index contributed by atoms with van der Waals surface area (Å²) >= 11 is 0. The summed E-state index contributed by atoms with van der Waals surface area (Å²) in [5, 5.41) is 11.7. The number of rotatable bonds is 5. The standard InChI is InChI=1S/C12H17N3O3/c16-11(8-1-2-9(7-8)12(17)18)15-4-3-10-13-5-6-14-10/h5-6,8-9H,1-4,7H2,(H,13,14)(H,15,16)(H,17,18)/t8-,9+/m0/s1. The van der Waals surface area contributed by atoms with Crippen molar-refractivity contribution in [3.8, 4) is 0 Å². The molecule has 0 bridgehead atoms. The van der Waals surface area contributed by atoms with E-state index in [4.69, 9.17) is 5.11 Å². The lowest BCUT2D eigenvalue weighted by atomic mass is 10.0. The molecule has 2 atom stereocenters. The van der Waals surface area contributed by atoms with Crippen molar-refractivity contribution < 1.29 is 14.7 Å². The molecule has 0 aliphatic heterocycles. The number of carbonyl (C=O) groups is 2. The first-order chi connectivity index (χ1) is 8.66. The number of carbonyl (C=O) groups excluding carboxylic acids is 1. The molecule has 0 aromatic carbocycles. The number of hydrogen-bond donors (Lipinski definition) is 3. The molecular weight excluding hydrogens is 234 g/mol. The molecule has 3 N–H and O–H groups in total. The highest BCUT2D eigenvalue weighted by atomic mass is 16.4. The van der Waals surface area contributed by atoms with Gasteiger partial charge in [0.15, 0.2) is 0 Å². The van der Waals surface area contributed by atoms with E-state index in [0.29, 0.717) is 32.2 Å². The fourth-order valence-corrected chi connectivity index (χ4v) is 2.33. The van der Waals surface area contributed by atoms with Gasteiger partial charge in [-0.3, -0.25) is 9.59 Å². The number of nitrogens with one attached hydrogen (secondary N) is 2. The summed E-state index contributed by atoms with van der Waals surface area (Å²) in [5.74, 6) is -0.496. The Morgan fingerprint density at radius 2 is 2.22 bits per heavy atom. The van der Waals surface area contributed by atoms with Crippen LogP contribution in [0.2, 0.25) is 0 Å². The molecule has 6 nitrogen and oxygen atoms in total. The van der Waals surface area contributed by atoms with Gasteiger partial charge in [-0.05, 0) is 19.3 Å². The lowest BCUT2D eigenvalue weighted by Crippen LogP contribution is -2.31. The number of imidazole rings is 1. The van der Waals surface area contributed by atoms with Crippen LogP contribution in [-0.2, 0) is 16.0 Å². The normalized spacial score (nSPS) is 22.9. The van der Waals surface area contributed by atoms with Gasteiger partial charge in [-0.15, -0.1) is 0 Å². The maximum absolute atomic E-state index is 11.8. The molecule has 0 spiro atoms. The third-order valence-corrected chi connectivity index (χ3v) is 3.37. The van der Waals surface area contributed by atoms with Crippen LogP contribution in [0.25, 0.3) is 0 Å². The topological polar surface area (TPSA) is 95.1 Å². The molecule has 1 heterocycles. The van der Waals surface area contributed by atoms with Crippen LogP contribution in [-0.4, -0.2) is 33.5 Å². The maximum atomic E-state index is 11.8. The molecular formula is C12H17N3O3. The van der Waals surface area contributed by atoms with Gasteiger partial charge < -0.3 is 15.4 Å². The van der Waals surface area contributed by atoms with Crippen molar-refractivity contribution >= 4 is 11.9 Å². The second kappa shape index (κ2) is 5.66. The molecule has 1 saturated carbocycles. The number of nitrogens with zero attached hydrogens (tertiary/aromatic N) is 1. The van der Waals surface area contributed by atoms with Crippen molar-refractivity contribution in [2.45, 2.75) is 25.7 Å². The number of carboxylic acids is 1. The summed E-state index contributed by atoms with van der Waals surface area (Å²) in [6.45, 7) is 0.528. The molecule has 0 unspecified atom stereocenters. The third kappa shape index (κ3) is 3.09. The zero-order chi connectivity index (χ0) is 13.0. The van der Waals surface area contributed by atoms with E-state index in [9.17, 15) is 9.59 Å². The molecule has 18 heavy (non-hydrogen) atoms. The lowest BCUT2D eigenvalue weighted by molar-refractivity contribution is -0.141. The quantitative estimate of drug-likeness (QED) is 0.713. The monoisotopic (exact) mass is 251 g/mol. The van der Waals surface area contributed by atoms with Crippen LogP contribution < -0.4 is 5.32 Å². The van der Waals surface area contributed by atoms with Crippen LogP contribution in [0.1, 0.15) is 25.1 Å². The van der Waals surface area contributed by atoms with E-state index in [2.05, 4.69) is 15.3 Å². The molecule has 6 heteroatoms. The van der Waals surface area contributed by atoms with Gasteiger partial charge in [0.25, 0.3) is 0 Å². The summed E-state index contributed by atoms with van der Waals surface area (Å²) in [4.78, 5) is 29.6. The van der Waals surface area contributed by atoms with Crippen molar-refractivity contribution in [1.82, 2.24) is 15.3 Å². The van der Waals surface area contributed by atoms with Crippen LogP contribution >= 0.6 is 0 Å². The number of H-pyrrole nitrogens is 1. The van der Waals surface area contributed by atoms with Gasteiger partial charge in [0.05, 0.1) is 5.92 Å². The second-order valence-electron chi connectivity index (χ2n) is 4.62. The van der Waals surface area contributed by atoms with Crippen molar-refractivity contribution in [2.75, 3.05) is 6.54 Å². The Bertz CT molecular complexity index is 416. The SMILES string of the molecule is O=C(O)[C@@H]1CC[C@H](C(=O)NCCc2ncc[nH]2)C1. The van der Waals surface area contributed by atoms with E-state index < -0.39 is 5.97 Å². The predicted molar refractivity (Wildman–Crippen MR) is 63.8 cm³/mol. The maximum Gasteiger partial charge on any atom is 0.306 e. The van der Waals surface area contributed by atoms with E-state index in [1.165, 1.54) is 0 Å². The molecule has 1 aliphatic rings. The molecule has 0 saturated heterocycles. The van der Waals surface area contributed by atoms with Gasteiger partial charge in [-0.1, -0.05) is 0 Å². The Kier molecular flexibility index (Phi) is 3.96. The highest BCUT2D eigenvalue weighted by Crippen LogP contribution is 2.30. The number of hydrogen-bond acceptors (Lipinski definition) is 3. The van der Waals surface area contributed by atoms with Crippen molar-refractivity contribution in [1.29, 1.82) is 0 Å². The zero-order valence-corrected chi connectivity index (χ0v) is 10.1. The number of amides is 1. The molecule has 0 radical (unpaired) electrons. The minimum Gasteiger partial charge on any atom is -0.481 e.